The first kappa shape index (κ1) is 14.4. The van der Waals surface area contributed by atoms with Gasteiger partial charge in [-0.1, -0.05) is 6.07 Å². The Hall–Kier alpha value is -1.02. The molecule has 19 heavy (non-hydrogen) atoms. The Morgan fingerprint density at radius 2 is 2.32 bits per heavy atom. The van der Waals surface area contributed by atoms with E-state index in [0.717, 1.165) is 31.6 Å². The highest BCUT2D eigenvalue weighted by Gasteiger charge is 2.18. The standard InChI is InChI=1S/C12H19N3O3S/c13-7-11-1-2-12(14-8-11)19(16,17)15-5-3-10-4-6-18-9-10/h1-2,8,10,15H,3-7,9,13H2. The van der Waals surface area contributed by atoms with Gasteiger partial charge >= 0.3 is 0 Å². The lowest BCUT2D eigenvalue weighted by atomic mass is 10.1. The minimum Gasteiger partial charge on any atom is -0.381 e. The van der Waals surface area contributed by atoms with E-state index in [1.165, 1.54) is 12.3 Å². The number of aromatic nitrogens is 1. The number of nitrogens with one attached hydrogen (secondary N) is 1. The largest absolute Gasteiger partial charge is 0.381 e. The van der Waals surface area contributed by atoms with Crippen LogP contribution < -0.4 is 10.5 Å². The van der Waals surface area contributed by atoms with Crippen LogP contribution in [0.4, 0.5) is 0 Å². The van der Waals surface area contributed by atoms with Gasteiger partial charge in [0.25, 0.3) is 10.0 Å². The van der Waals surface area contributed by atoms with Gasteiger partial charge in [0.1, 0.15) is 0 Å². The second kappa shape index (κ2) is 6.42. The number of nitrogens with zero attached hydrogens (tertiary/aromatic N) is 1. The van der Waals surface area contributed by atoms with Crippen LogP contribution in [0.1, 0.15) is 18.4 Å². The summed E-state index contributed by atoms with van der Waals surface area (Å²) in [6, 6.07) is 3.15. The maximum Gasteiger partial charge on any atom is 0.258 e. The van der Waals surface area contributed by atoms with Gasteiger partial charge < -0.3 is 10.5 Å². The van der Waals surface area contributed by atoms with E-state index in [1.807, 2.05) is 0 Å². The van der Waals surface area contributed by atoms with Gasteiger partial charge in [0.2, 0.25) is 0 Å². The highest BCUT2D eigenvalue weighted by molar-refractivity contribution is 7.89. The molecule has 6 nitrogen and oxygen atoms in total. The van der Waals surface area contributed by atoms with E-state index in [9.17, 15) is 8.42 Å². The van der Waals surface area contributed by atoms with Crippen molar-refractivity contribution in [1.82, 2.24) is 9.71 Å². The average molecular weight is 285 g/mol. The van der Waals surface area contributed by atoms with Crippen LogP contribution >= 0.6 is 0 Å². The zero-order chi connectivity index (χ0) is 13.7. The Kier molecular flexibility index (Phi) is 4.87. The van der Waals surface area contributed by atoms with Gasteiger partial charge in [-0.05, 0) is 30.4 Å². The van der Waals surface area contributed by atoms with Gasteiger partial charge in [-0.15, -0.1) is 0 Å². The fourth-order valence-electron chi connectivity index (χ4n) is 1.97. The molecule has 1 aromatic rings. The van der Waals surface area contributed by atoms with Crippen LogP contribution in [0, 0.1) is 5.92 Å². The van der Waals surface area contributed by atoms with Crippen LogP contribution in [0.25, 0.3) is 0 Å². The number of hydrogen-bond donors (Lipinski definition) is 2. The van der Waals surface area contributed by atoms with Crippen LogP contribution in [-0.4, -0.2) is 33.2 Å². The van der Waals surface area contributed by atoms with Crippen LogP contribution in [0.5, 0.6) is 0 Å². The highest BCUT2D eigenvalue weighted by Crippen LogP contribution is 2.15. The number of rotatable bonds is 6. The number of nitrogens with two attached hydrogens (primary N) is 1. The summed E-state index contributed by atoms with van der Waals surface area (Å²) in [6.45, 7) is 2.27. The first-order chi connectivity index (χ1) is 9.12. The van der Waals surface area contributed by atoms with E-state index in [1.54, 1.807) is 6.07 Å². The molecular formula is C12H19N3O3S. The molecule has 1 fully saturated rings. The number of hydrogen-bond acceptors (Lipinski definition) is 5. The molecule has 0 radical (unpaired) electrons. The number of pyridine rings is 1. The summed E-state index contributed by atoms with van der Waals surface area (Å²) >= 11 is 0. The highest BCUT2D eigenvalue weighted by atomic mass is 32.2. The normalized spacial score (nSPS) is 19.7. The van der Waals surface area contributed by atoms with Crippen molar-refractivity contribution in [3.63, 3.8) is 0 Å². The summed E-state index contributed by atoms with van der Waals surface area (Å²) in [5.41, 5.74) is 6.25. The molecular weight excluding hydrogens is 266 g/mol. The predicted molar refractivity (Wildman–Crippen MR) is 70.9 cm³/mol. The molecule has 0 amide bonds. The van der Waals surface area contributed by atoms with Crippen LogP contribution in [0.3, 0.4) is 0 Å². The zero-order valence-corrected chi connectivity index (χ0v) is 11.5. The summed E-state index contributed by atoms with van der Waals surface area (Å²) in [5, 5.41) is 0.0346. The maximum atomic E-state index is 12.0. The van der Waals surface area contributed by atoms with Gasteiger partial charge in [0, 0.05) is 32.5 Å². The monoisotopic (exact) mass is 285 g/mol. The van der Waals surface area contributed by atoms with Crippen molar-refractivity contribution in [2.24, 2.45) is 11.7 Å². The summed E-state index contributed by atoms with van der Waals surface area (Å²) in [6.07, 6.45) is 3.28. The predicted octanol–water partition coefficient (Wildman–Crippen LogP) is 0.245. The molecule has 0 aromatic carbocycles. The Morgan fingerprint density at radius 1 is 1.47 bits per heavy atom. The van der Waals surface area contributed by atoms with Gasteiger partial charge in [0.05, 0.1) is 0 Å². The minimum atomic E-state index is -3.52. The lowest BCUT2D eigenvalue weighted by molar-refractivity contribution is 0.184. The first-order valence-electron chi connectivity index (χ1n) is 6.34. The third-order valence-electron chi connectivity index (χ3n) is 3.18. The first-order valence-corrected chi connectivity index (χ1v) is 7.82. The van der Waals surface area contributed by atoms with Crippen molar-refractivity contribution in [3.8, 4) is 0 Å². The molecule has 0 spiro atoms. The molecule has 1 aliphatic rings. The Labute approximate surface area is 113 Å². The molecule has 106 valence electrons. The van der Waals surface area contributed by atoms with Crippen LogP contribution in [0.15, 0.2) is 23.4 Å². The van der Waals surface area contributed by atoms with E-state index in [4.69, 9.17) is 10.5 Å². The third kappa shape index (κ3) is 3.97. The fourth-order valence-corrected chi connectivity index (χ4v) is 2.95. The van der Waals surface area contributed by atoms with Crippen molar-refractivity contribution in [2.75, 3.05) is 19.8 Å². The molecule has 1 saturated heterocycles. The Balaban J connectivity index is 1.89. The van der Waals surface area contributed by atoms with Gasteiger partial charge in [-0.25, -0.2) is 18.1 Å². The molecule has 2 heterocycles. The van der Waals surface area contributed by atoms with Gasteiger partial charge in [-0.3, -0.25) is 0 Å². The third-order valence-corrected chi connectivity index (χ3v) is 4.55. The van der Waals surface area contributed by atoms with Gasteiger partial charge in [0.15, 0.2) is 5.03 Å². The summed E-state index contributed by atoms with van der Waals surface area (Å²) < 4.78 is 31.8. The van der Waals surface area contributed by atoms with Crippen molar-refractivity contribution >= 4 is 10.0 Å². The van der Waals surface area contributed by atoms with E-state index in [2.05, 4.69) is 9.71 Å². The SMILES string of the molecule is NCc1ccc(S(=O)(=O)NCCC2CCOC2)nc1. The number of ether oxygens (including phenoxy) is 1. The second-order valence-corrected chi connectivity index (χ2v) is 6.34. The minimum absolute atomic E-state index is 0.0346. The van der Waals surface area contributed by atoms with Crippen molar-refractivity contribution in [2.45, 2.75) is 24.4 Å². The Morgan fingerprint density at radius 3 is 2.89 bits per heavy atom. The van der Waals surface area contributed by atoms with Crippen molar-refractivity contribution < 1.29 is 13.2 Å². The lowest BCUT2D eigenvalue weighted by Gasteiger charge is -2.09. The molecule has 0 saturated carbocycles. The fraction of sp³-hybridized carbons (Fsp3) is 0.583. The molecule has 1 atom stereocenters. The molecule has 3 N–H and O–H groups in total. The summed E-state index contributed by atoms with van der Waals surface area (Å²) in [5.74, 6) is 0.454. The van der Waals surface area contributed by atoms with Crippen molar-refractivity contribution in [3.05, 3.63) is 23.9 Å². The Bertz CT molecular complexity index is 495. The van der Waals surface area contributed by atoms with Crippen LogP contribution in [-0.2, 0) is 21.3 Å². The summed E-state index contributed by atoms with van der Waals surface area (Å²) in [4.78, 5) is 3.92. The molecule has 1 unspecified atom stereocenters. The maximum absolute atomic E-state index is 12.0. The molecule has 0 aliphatic carbocycles. The van der Waals surface area contributed by atoms with E-state index >= 15 is 0 Å². The average Bonchev–Trinajstić information content (AvgIpc) is 2.92. The molecule has 2 rings (SSSR count). The second-order valence-electron chi connectivity index (χ2n) is 4.62. The van der Waals surface area contributed by atoms with Crippen LogP contribution in [0.2, 0.25) is 0 Å². The topological polar surface area (TPSA) is 94.3 Å². The lowest BCUT2D eigenvalue weighted by Crippen LogP contribution is -2.27. The quantitative estimate of drug-likeness (QED) is 0.781. The van der Waals surface area contributed by atoms with E-state index in [0.29, 0.717) is 19.0 Å². The van der Waals surface area contributed by atoms with E-state index in [-0.39, 0.29) is 5.03 Å². The van der Waals surface area contributed by atoms with E-state index < -0.39 is 10.0 Å². The molecule has 1 aromatic heterocycles. The smallest absolute Gasteiger partial charge is 0.258 e. The van der Waals surface area contributed by atoms with Gasteiger partial charge in [-0.2, -0.15) is 0 Å². The summed E-state index contributed by atoms with van der Waals surface area (Å²) in [7, 11) is -3.52. The number of sulfonamides is 1. The zero-order valence-electron chi connectivity index (χ0n) is 10.7. The molecule has 7 heteroatoms. The molecule has 0 bridgehead atoms. The van der Waals surface area contributed by atoms with Crippen molar-refractivity contribution in [1.29, 1.82) is 0 Å². The molecule has 1 aliphatic heterocycles.